The monoisotopic (exact) mass is 293 g/mol. The van der Waals surface area contributed by atoms with E-state index >= 15 is 0 Å². The van der Waals surface area contributed by atoms with Gasteiger partial charge in [-0.15, -0.1) is 0 Å². The minimum Gasteiger partial charge on any atom is -0.455 e. The van der Waals surface area contributed by atoms with Crippen molar-refractivity contribution in [2.75, 3.05) is 12.0 Å². The summed E-state index contributed by atoms with van der Waals surface area (Å²) in [7, 11) is -3.40. The number of hydrogen-bond acceptors (Lipinski definition) is 5. The summed E-state index contributed by atoms with van der Waals surface area (Å²) >= 11 is 0. The van der Waals surface area contributed by atoms with Crippen LogP contribution in [0.5, 0.6) is 11.5 Å². The number of ether oxygens (including phenoxy) is 1. The van der Waals surface area contributed by atoms with E-state index in [1.807, 2.05) is 0 Å². The molecule has 0 bridgehead atoms. The molecule has 5 nitrogen and oxygen atoms in total. The van der Waals surface area contributed by atoms with Gasteiger partial charge in [0, 0.05) is 6.26 Å². The number of anilines is 1. The van der Waals surface area contributed by atoms with Gasteiger partial charge in [-0.3, -0.25) is 0 Å². The van der Waals surface area contributed by atoms with Gasteiger partial charge in [0.2, 0.25) is 0 Å². The maximum Gasteiger partial charge on any atom is 0.177 e. The molecule has 106 valence electrons. The predicted octanol–water partition coefficient (Wildman–Crippen LogP) is 1.96. The van der Waals surface area contributed by atoms with Crippen LogP contribution in [0.25, 0.3) is 0 Å². The van der Waals surface area contributed by atoms with E-state index in [4.69, 9.17) is 15.6 Å². The smallest absolute Gasteiger partial charge is 0.177 e. The maximum absolute atomic E-state index is 11.6. The van der Waals surface area contributed by atoms with Crippen molar-refractivity contribution < 1.29 is 18.3 Å². The lowest BCUT2D eigenvalue weighted by molar-refractivity contribution is 0.281. The van der Waals surface area contributed by atoms with E-state index in [1.54, 1.807) is 36.4 Å². The van der Waals surface area contributed by atoms with Crippen LogP contribution in [0, 0.1) is 0 Å². The van der Waals surface area contributed by atoms with Crippen LogP contribution in [0.1, 0.15) is 5.56 Å². The summed E-state index contributed by atoms with van der Waals surface area (Å²) in [6, 6.07) is 11.4. The molecular weight excluding hydrogens is 278 g/mol. The molecule has 0 saturated heterocycles. The number of benzene rings is 2. The molecule has 0 aliphatic rings. The first-order valence-corrected chi connectivity index (χ1v) is 7.77. The number of hydrogen-bond donors (Lipinski definition) is 2. The second-order valence-corrected chi connectivity index (χ2v) is 6.33. The van der Waals surface area contributed by atoms with Crippen molar-refractivity contribution in [2.24, 2.45) is 0 Å². The van der Waals surface area contributed by atoms with Crippen molar-refractivity contribution in [3.8, 4) is 11.5 Å². The maximum atomic E-state index is 11.6. The average Bonchev–Trinajstić information content (AvgIpc) is 2.40. The minimum atomic E-state index is -3.40. The fourth-order valence-electron chi connectivity index (χ4n) is 1.73. The van der Waals surface area contributed by atoms with Crippen molar-refractivity contribution in [3.05, 3.63) is 48.0 Å². The fourth-order valence-corrected chi connectivity index (χ4v) is 2.55. The number of nitrogens with two attached hydrogens (primary N) is 1. The largest absolute Gasteiger partial charge is 0.455 e. The molecule has 0 radical (unpaired) electrons. The second-order valence-electron chi connectivity index (χ2n) is 4.34. The summed E-state index contributed by atoms with van der Waals surface area (Å²) in [5, 5.41) is 8.96. The summed E-state index contributed by atoms with van der Waals surface area (Å²) in [6.45, 7) is -0.0496. The van der Waals surface area contributed by atoms with Crippen LogP contribution in [-0.2, 0) is 16.4 Å². The van der Waals surface area contributed by atoms with Gasteiger partial charge in [-0.2, -0.15) is 0 Å². The summed E-state index contributed by atoms with van der Waals surface area (Å²) in [5.41, 5.74) is 6.67. The lowest BCUT2D eigenvalue weighted by atomic mass is 10.2. The number of sulfone groups is 1. The highest BCUT2D eigenvalue weighted by atomic mass is 32.2. The molecule has 0 aliphatic carbocycles. The number of aliphatic hydroxyl groups is 1. The van der Waals surface area contributed by atoms with E-state index in [9.17, 15) is 8.42 Å². The van der Waals surface area contributed by atoms with Gasteiger partial charge in [0.05, 0.1) is 17.2 Å². The molecule has 0 fully saturated rings. The van der Waals surface area contributed by atoms with Crippen molar-refractivity contribution in [2.45, 2.75) is 11.5 Å². The van der Waals surface area contributed by atoms with Gasteiger partial charge in [-0.25, -0.2) is 8.42 Å². The first-order chi connectivity index (χ1) is 9.41. The Morgan fingerprint density at radius 3 is 2.35 bits per heavy atom. The Kier molecular flexibility index (Phi) is 3.96. The molecule has 0 spiro atoms. The molecule has 0 amide bonds. The van der Waals surface area contributed by atoms with Gasteiger partial charge >= 0.3 is 0 Å². The Morgan fingerprint density at radius 2 is 1.80 bits per heavy atom. The molecule has 0 unspecified atom stereocenters. The van der Waals surface area contributed by atoms with E-state index in [-0.39, 0.29) is 22.9 Å². The highest BCUT2D eigenvalue weighted by molar-refractivity contribution is 7.90. The lowest BCUT2D eigenvalue weighted by Gasteiger charge is -2.11. The highest BCUT2D eigenvalue weighted by Gasteiger charge is 2.15. The first-order valence-electron chi connectivity index (χ1n) is 5.88. The molecule has 0 saturated carbocycles. The normalized spacial score (nSPS) is 11.3. The molecule has 2 aromatic rings. The van der Waals surface area contributed by atoms with E-state index in [0.717, 1.165) is 11.8 Å². The molecule has 6 heteroatoms. The minimum absolute atomic E-state index is 0.0435. The quantitative estimate of drug-likeness (QED) is 0.841. The van der Waals surface area contributed by atoms with Crippen LogP contribution in [0.4, 0.5) is 5.69 Å². The Bertz CT molecular complexity index is 708. The molecule has 0 atom stereocenters. The summed E-state index contributed by atoms with van der Waals surface area (Å²) in [5.74, 6) is 0.796. The van der Waals surface area contributed by atoms with Crippen LogP contribution >= 0.6 is 0 Å². The predicted molar refractivity (Wildman–Crippen MR) is 76.4 cm³/mol. The number of rotatable bonds is 4. The SMILES string of the molecule is CS(=O)(=O)c1cccc(Oc2ccc(CO)cc2)c1N. The van der Waals surface area contributed by atoms with Gasteiger partial charge in [0.15, 0.2) is 15.6 Å². The molecule has 0 heterocycles. The van der Waals surface area contributed by atoms with Crippen molar-refractivity contribution in [1.29, 1.82) is 0 Å². The summed E-state index contributed by atoms with van der Waals surface area (Å²) in [6.07, 6.45) is 1.10. The standard InChI is InChI=1S/C14H15NO4S/c1-20(17,18)13-4-2-3-12(14(13)15)19-11-7-5-10(9-16)6-8-11/h2-8,16H,9,15H2,1H3. The van der Waals surface area contributed by atoms with Crippen molar-refractivity contribution in [3.63, 3.8) is 0 Å². The number of aliphatic hydroxyl groups excluding tert-OH is 1. The van der Waals surface area contributed by atoms with Crippen LogP contribution in [0.15, 0.2) is 47.4 Å². The Labute approximate surface area is 117 Å². The van der Waals surface area contributed by atoms with Crippen molar-refractivity contribution >= 4 is 15.5 Å². The Hall–Kier alpha value is -2.05. The van der Waals surface area contributed by atoms with E-state index in [2.05, 4.69) is 0 Å². The lowest BCUT2D eigenvalue weighted by Crippen LogP contribution is -2.03. The van der Waals surface area contributed by atoms with E-state index in [1.165, 1.54) is 6.07 Å². The van der Waals surface area contributed by atoms with E-state index in [0.29, 0.717) is 5.75 Å². The second kappa shape index (κ2) is 5.52. The van der Waals surface area contributed by atoms with Crippen LogP contribution in [0.2, 0.25) is 0 Å². The summed E-state index contributed by atoms with van der Waals surface area (Å²) < 4.78 is 28.7. The molecule has 3 N–H and O–H groups in total. The van der Waals surface area contributed by atoms with Crippen molar-refractivity contribution in [1.82, 2.24) is 0 Å². The third-order valence-corrected chi connectivity index (χ3v) is 3.91. The fraction of sp³-hybridized carbons (Fsp3) is 0.143. The zero-order valence-corrected chi connectivity index (χ0v) is 11.7. The number of nitrogen functional groups attached to an aromatic ring is 1. The van der Waals surface area contributed by atoms with Gasteiger partial charge in [-0.1, -0.05) is 18.2 Å². The Morgan fingerprint density at radius 1 is 1.15 bits per heavy atom. The molecular formula is C14H15NO4S. The van der Waals surface area contributed by atoms with Gasteiger partial charge < -0.3 is 15.6 Å². The van der Waals surface area contributed by atoms with E-state index < -0.39 is 9.84 Å². The molecule has 20 heavy (non-hydrogen) atoms. The van der Waals surface area contributed by atoms with Crippen LogP contribution < -0.4 is 10.5 Å². The molecule has 2 rings (SSSR count). The molecule has 2 aromatic carbocycles. The average molecular weight is 293 g/mol. The number of para-hydroxylation sites is 1. The molecule has 0 aliphatic heterocycles. The van der Waals surface area contributed by atoms with Crippen LogP contribution in [-0.4, -0.2) is 19.8 Å². The third kappa shape index (κ3) is 3.09. The van der Waals surface area contributed by atoms with Crippen LogP contribution in [0.3, 0.4) is 0 Å². The molecule has 0 aromatic heterocycles. The zero-order valence-electron chi connectivity index (χ0n) is 10.9. The first kappa shape index (κ1) is 14.4. The Balaban J connectivity index is 2.34. The van der Waals surface area contributed by atoms with Gasteiger partial charge in [0.1, 0.15) is 5.75 Å². The topological polar surface area (TPSA) is 89.6 Å². The summed E-state index contributed by atoms with van der Waals surface area (Å²) in [4.78, 5) is 0.0435. The highest BCUT2D eigenvalue weighted by Crippen LogP contribution is 2.32. The zero-order chi connectivity index (χ0) is 14.8. The third-order valence-electron chi connectivity index (χ3n) is 2.76. The van der Waals surface area contributed by atoms with Gasteiger partial charge in [-0.05, 0) is 29.8 Å². The van der Waals surface area contributed by atoms with Gasteiger partial charge in [0.25, 0.3) is 0 Å².